The quantitative estimate of drug-likeness (QED) is 0.889. The van der Waals surface area contributed by atoms with Crippen LogP contribution in [0.1, 0.15) is 13.3 Å². The highest BCUT2D eigenvalue weighted by atomic mass is 32.2. The van der Waals surface area contributed by atoms with E-state index in [2.05, 4.69) is 0 Å². The predicted molar refractivity (Wildman–Crippen MR) is 83.0 cm³/mol. The zero-order valence-corrected chi connectivity index (χ0v) is 12.5. The van der Waals surface area contributed by atoms with Crippen molar-refractivity contribution in [3.8, 4) is 0 Å². The summed E-state index contributed by atoms with van der Waals surface area (Å²) in [6, 6.07) is 13.0. The molecule has 0 aliphatic rings. The first kappa shape index (κ1) is 15.3. The molecule has 0 bridgehead atoms. The lowest BCUT2D eigenvalue weighted by molar-refractivity contribution is -0.136. The van der Waals surface area contributed by atoms with Crippen LogP contribution in [0.15, 0.2) is 42.5 Å². The molecule has 0 aliphatic heterocycles. The van der Waals surface area contributed by atoms with E-state index < -0.39 is 28.2 Å². The number of hydrogen-bond donors (Lipinski definition) is 1. The van der Waals surface area contributed by atoms with Crippen molar-refractivity contribution in [3.05, 3.63) is 42.5 Å². The smallest absolute Gasteiger partial charge is 0.304 e. The number of anilines is 1. The lowest BCUT2D eigenvalue weighted by Crippen LogP contribution is -2.33. The van der Waals surface area contributed by atoms with E-state index in [-0.39, 0.29) is 6.54 Å². The van der Waals surface area contributed by atoms with Gasteiger partial charge in [-0.15, -0.1) is 0 Å². The maximum atomic E-state index is 12.4. The summed E-state index contributed by atoms with van der Waals surface area (Å²) in [6.45, 7) is 2.00. The van der Waals surface area contributed by atoms with Crippen LogP contribution in [0.4, 0.5) is 5.69 Å². The van der Waals surface area contributed by atoms with Crippen LogP contribution in [0.2, 0.25) is 0 Å². The van der Waals surface area contributed by atoms with Gasteiger partial charge < -0.3 is 5.11 Å². The Kier molecular flexibility index (Phi) is 4.47. The molecule has 0 aliphatic carbocycles. The van der Waals surface area contributed by atoms with Gasteiger partial charge in [0.1, 0.15) is 0 Å². The summed E-state index contributed by atoms with van der Waals surface area (Å²) in [5.74, 6) is -1.52. The Bertz CT molecular complexity index is 750. The van der Waals surface area contributed by atoms with Gasteiger partial charge in [0.25, 0.3) is 0 Å². The second-order valence-corrected chi connectivity index (χ2v) is 6.64. The normalized spacial score (nSPS) is 11.5. The number of carboxylic acid groups (broad SMARTS) is 1. The Morgan fingerprint density at radius 2 is 1.81 bits per heavy atom. The predicted octanol–water partition coefficient (Wildman–Crippen LogP) is 2.47. The molecule has 0 heterocycles. The topological polar surface area (TPSA) is 74.7 Å². The molecule has 0 saturated heterocycles. The largest absolute Gasteiger partial charge is 0.481 e. The van der Waals surface area contributed by atoms with Crippen molar-refractivity contribution >= 4 is 32.5 Å². The molecule has 0 amide bonds. The molecule has 0 saturated carbocycles. The van der Waals surface area contributed by atoms with E-state index in [0.717, 1.165) is 10.8 Å². The van der Waals surface area contributed by atoms with Crippen LogP contribution in [0.5, 0.6) is 0 Å². The molecular weight excluding hydrogens is 290 g/mol. The molecule has 2 rings (SSSR count). The highest BCUT2D eigenvalue weighted by Crippen LogP contribution is 2.28. The summed E-state index contributed by atoms with van der Waals surface area (Å²) in [6.07, 6.45) is -0.399. The van der Waals surface area contributed by atoms with Crippen LogP contribution in [-0.2, 0) is 14.8 Å². The molecule has 1 N–H and O–H groups in total. The van der Waals surface area contributed by atoms with Crippen LogP contribution >= 0.6 is 0 Å². The van der Waals surface area contributed by atoms with Gasteiger partial charge in [0.15, 0.2) is 0 Å². The van der Waals surface area contributed by atoms with E-state index in [1.54, 1.807) is 19.1 Å². The number of carbonyl (C=O) groups is 1. The number of fused-ring (bicyclic) bond motifs is 1. The van der Waals surface area contributed by atoms with Crippen LogP contribution in [0.3, 0.4) is 0 Å². The fourth-order valence-electron chi connectivity index (χ4n) is 2.27. The van der Waals surface area contributed by atoms with E-state index in [1.165, 1.54) is 4.31 Å². The second kappa shape index (κ2) is 6.13. The van der Waals surface area contributed by atoms with Crippen molar-refractivity contribution < 1.29 is 18.3 Å². The highest BCUT2D eigenvalue weighted by Gasteiger charge is 2.23. The maximum Gasteiger partial charge on any atom is 0.304 e. The number of sulfonamides is 1. The molecule has 0 unspecified atom stereocenters. The fraction of sp³-hybridized carbons (Fsp3) is 0.267. The van der Waals surface area contributed by atoms with Gasteiger partial charge in [0, 0.05) is 11.9 Å². The number of rotatable bonds is 6. The summed E-state index contributed by atoms with van der Waals surface area (Å²) >= 11 is 0. The van der Waals surface area contributed by atoms with Crippen LogP contribution in [0, 0.1) is 0 Å². The van der Waals surface area contributed by atoms with Gasteiger partial charge in [-0.3, -0.25) is 9.10 Å². The molecule has 0 fully saturated rings. The van der Waals surface area contributed by atoms with Crippen molar-refractivity contribution in [3.63, 3.8) is 0 Å². The number of carboxylic acids is 1. The fourth-order valence-corrected chi connectivity index (χ4v) is 3.77. The Balaban J connectivity index is 2.47. The van der Waals surface area contributed by atoms with Crippen LogP contribution < -0.4 is 4.31 Å². The molecule has 0 atom stereocenters. The van der Waals surface area contributed by atoms with Gasteiger partial charge in [0.05, 0.1) is 17.9 Å². The van der Waals surface area contributed by atoms with E-state index in [4.69, 9.17) is 5.11 Å². The molecule has 0 aromatic heterocycles. The second-order valence-electron chi connectivity index (χ2n) is 4.62. The first-order valence-electron chi connectivity index (χ1n) is 6.65. The van der Waals surface area contributed by atoms with Crippen LogP contribution in [-0.4, -0.2) is 31.8 Å². The van der Waals surface area contributed by atoms with E-state index in [9.17, 15) is 13.2 Å². The van der Waals surface area contributed by atoms with E-state index in [0.29, 0.717) is 5.69 Å². The van der Waals surface area contributed by atoms with Gasteiger partial charge in [-0.05, 0) is 18.4 Å². The lowest BCUT2D eigenvalue weighted by atomic mass is 10.1. The number of aliphatic carboxylic acids is 1. The van der Waals surface area contributed by atoms with E-state index >= 15 is 0 Å². The first-order chi connectivity index (χ1) is 9.95. The van der Waals surface area contributed by atoms with Crippen LogP contribution in [0.25, 0.3) is 10.8 Å². The summed E-state index contributed by atoms with van der Waals surface area (Å²) in [4.78, 5) is 10.6. The van der Waals surface area contributed by atoms with Gasteiger partial charge in [0.2, 0.25) is 10.0 Å². The molecule has 2 aromatic carbocycles. The van der Waals surface area contributed by atoms with Gasteiger partial charge in [-0.25, -0.2) is 8.42 Å². The summed E-state index contributed by atoms with van der Waals surface area (Å²) in [7, 11) is -3.66. The van der Waals surface area contributed by atoms with Crippen molar-refractivity contribution in [2.75, 3.05) is 16.6 Å². The molecule has 0 spiro atoms. The molecule has 5 nitrogen and oxygen atoms in total. The van der Waals surface area contributed by atoms with Gasteiger partial charge >= 0.3 is 5.97 Å². The Morgan fingerprint density at radius 3 is 2.48 bits per heavy atom. The zero-order valence-electron chi connectivity index (χ0n) is 11.7. The van der Waals surface area contributed by atoms with E-state index in [1.807, 2.05) is 30.3 Å². The van der Waals surface area contributed by atoms with Crippen molar-refractivity contribution in [2.24, 2.45) is 0 Å². The maximum absolute atomic E-state index is 12.4. The number of hydrogen-bond acceptors (Lipinski definition) is 3. The minimum atomic E-state index is -3.66. The monoisotopic (exact) mass is 307 g/mol. The average molecular weight is 307 g/mol. The third-order valence-electron chi connectivity index (χ3n) is 3.23. The SMILES string of the molecule is CCN(c1cccc2ccccc12)S(=O)(=O)CCC(=O)O. The zero-order chi connectivity index (χ0) is 15.5. The standard InChI is InChI=1S/C15H17NO4S/c1-2-16(21(19,20)11-10-15(17)18)14-9-5-7-12-6-3-4-8-13(12)14/h3-9H,2,10-11H2,1H3,(H,17,18). The van der Waals surface area contributed by atoms with Crippen molar-refractivity contribution in [1.29, 1.82) is 0 Å². The van der Waals surface area contributed by atoms with Crippen molar-refractivity contribution in [2.45, 2.75) is 13.3 Å². The summed E-state index contributed by atoms with van der Waals surface area (Å²) in [5.41, 5.74) is 0.584. The minimum absolute atomic E-state index is 0.260. The molecule has 112 valence electrons. The Morgan fingerprint density at radius 1 is 1.14 bits per heavy atom. The highest BCUT2D eigenvalue weighted by molar-refractivity contribution is 7.92. The average Bonchev–Trinajstić information content (AvgIpc) is 2.46. The summed E-state index contributed by atoms with van der Waals surface area (Å²) in [5, 5.41) is 10.5. The molecule has 21 heavy (non-hydrogen) atoms. The number of nitrogens with zero attached hydrogens (tertiary/aromatic N) is 1. The first-order valence-corrected chi connectivity index (χ1v) is 8.26. The molecule has 2 aromatic rings. The Labute approximate surface area is 123 Å². The minimum Gasteiger partial charge on any atom is -0.481 e. The van der Waals surface area contributed by atoms with Crippen molar-refractivity contribution in [1.82, 2.24) is 0 Å². The number of benzene rings is 2. The van der Waals surface area contributed by atoms with Gasteiger partial charge in [-0.1, -0.05) is 36.4 Å². The molecule has 6 heteroatoms. The summed E-state index contributed by atoms with van der Waals surface area (Å²) < 4.78 is 26.0. The van der Waals surface area contributed by atoms with Gasteiger partial charge in [-0.2, -0.15) is 0 Å². The Hall–Kier alpha value is -2.08. The molecular formula is C15H17NO4S. The molecule has 0 radical (unpaired) electrons. The third kappa shape index (κ3) is 3.33. The lowest BCUT2D eigenvalue weighted by Gasteiger charge is -2.24. The third-order valence-corrected chi connectivity index (χ3v) is 5.08.